The molecule has 0 spiro atoms. The van der Waals surface area contributed by atoms with Crippen LogP contribution in [0.15, 0.2) is 41.0 Å². The Kier molecular flexibility index (Phi) is 6.20. The summed E-state index contributed by atoms with van der Waals surface area (Å²) in [5.41, 5.74) is 8.49. The molecule has 0 aliphatic rings. The predicted molar refractivity (Wildman–Crippen MR) is 111 cm³/mol. The Morgan fingerprint density at radius 2 is 2.15 bits per heavy atom. The van der Waals surface area contributed by atoms with Crippen LogP contribution in [0.4, 0.5) is 0 Å². The second-order valence-electron chi connectivity index (χ2n) is 5.88. The van der Waals surface area contributed by atoms with Crippen LogP contribution >= 0.6 is 50.5 Å². The van der Waals surface area contributed by atoms with Gasteiger partial charge in [-0.15, -0.1) is 11.3 Å². The molecule has 1 aromatic carbocycles. The molecular weight excluding hydrogens is 457 g/mol. The van der Waals surface area contributed by atoms with Crippen LogP contribution in [0.1, 0.15) is 27.6 Å². The first-order valence-electron chi connectivity index (χ1n) is 7.86. The van der Waals surface area contributed by atoms with Gasteiger partial charge in [-0.1, -0.05) is 35.3 Å². The third kappa shape index (κ3) is 4.05. The fourth-order valence-electron chi connectivity index (χ4n) is 2.80. The van der Waals surface area contributed by atoms with Crippen molar-refractivity contribution in [2.75, 3.05) is 6.54 Å². The SMILES string of the molecule is Cn1ncc(Br)c1-c1cc(C(=O)CC(CN)c2cccc(Cl)c2)sc1Cl. The zero-order valence-corrected chi connectivity index (χ0v) is 17.8. The number of hydrogen-bond donors (Lipinski definition) is 1. The molecule has 3 rings (SSSR count). The summed E-state index contributed by atoms with van der Waals surface area (Å²) in [6.45, 7) is 0.366. The van der Waals surface area contributed by atoms with Crippen molar-refractivity contribution in [2.24, 2.45) is 12.8 Å². The lowest BCUT2D eigenvalue weighted by Gasteiger charge is -2.14. The van der Waals surface area contributed by atoms with Crippen molar-refractivity contribution in [3.8, 4) is 11.3 Å². The molecule has 0 saturated carbocycles. The second kappa shape index (κ2) is 8.23. The Morgan fingerprint density at radius 3 is 2.77 bits per heavy atom. The van der Waals surface area contributed by atoms with Crippen molar-refractivity contribution in [1.29, 1.82) is 0 Å². The summed E-state index contributed by atoms with van der Waals surface area (Å²) in [4.78, 5) is 13.4. The van der Waals surface area contributed by atoms with E-state index in [4.69, 9.17) is 28.9 Å². The van der Waals surface area contributed by atoms with Gasteiger partial charge >= 0.3 is 0 Å². The summed E-state index contributed by atoms with van der Waals surface area (Å²) >= 11 is 17.2. The third-order valence-corrected chi connectivity index (χ3v) is 6.36. The molecule has 2 aromatic heterocycles. The van der Waals surface area contributed by atoms with Crippen molar-refractivity contribution in [2.45, 2.75) is 12.3 Å². The number of thiophene rings is 1. The van der Waals surface area contributed by atoms with Crippen LogP contribution in [0.25, 0.3) is 11.3 Å². The number of hydrogen-bond acceptors (Lipinski definition) is 4. The summed E-state index contributed by atoms with van der Waals surface area (Å²) < 4.78 is 3.11. The Morgan fingerprint density at radius 1 is 1.38 bits per heavy atom. The van der Waals surface area contributed by atoms with Crippen molar-refractivity contribution in [3.05, 3.63) is 60.8 Å². The van der Waals surface area contributed by atoms with Crippen molar-refractivity contribution >= 4 is 56.3 Å². The molecule has 26 heavy (non-hydrogen) atoms. The van der Waals surface area contributed by atoms with E-state index in [1.54, 1.807) is 16.9 Å². The molecule has 0 amide bonds. The van der Waals surface area contributed by atoms with Gasteiger partial charge < -0.3 is 5.73 Å². The van der Waals surface area contributed by atoms with Crippen LogP contribution in [-0.2, 0) is 7.05 Å². The molecule has 0 bridgehead atoms. The van der Waals surface area contributed by atoms with Gasteiger partial charge in [-0.2, -0.15) is 5.10 Å². The number of nitrogens with zero attached hydrogens (tertiary/aromatic N) is 2. The summed E-state index contributed by atoms with van der Waals surface area (Å²) in [5, 5.41) is 4.83. The number of rotatable bonds is 6. The highest BCUT2D eigenvalue weighted by molar-refractivity contribution is 9.10. The van der Waals surface area contributed by atoms with Crippen LogP contribution in [0, 0.1) is 0 Å². The number of Topliss-reactive ketones (excluding diaryl/α,β-unsaturated/α-hetero) is 1. The average Bonchev–Trinajstić information content (AvgIpc) is 3.14. The smallest absolute Gasteiger partial charge is 0.173 e. The van der Waals surface area contributed by atoms with Gasteiger partial charge in [0.15, 0.2) is 5.78 Å². The van der Waals surface area contributed by atoms with Crippen LogP contribution in [0.5, 0.6) is 0 Å². The van der Waals surface area contributed by atoms with Gasteiger partial charge in [0.05, 0.1) is 21.2 Å². The Hall–Kier alpha value is -1.18. The van der Waals surface area contributed by atoms with E-state index in [1.165, 1.54) is 11.3 Å². The molecule has 4 nitrogen and oxygen atoms in total. The van der Waals surface area contributed by atoms with E-state index < -0.39 is 0 Å². The topological polar surface area (TPSA) is 60.9 Å². The molecule has 0 fully saturated rings. The molecule has 2 N–H and O–H groups in total. The molecule has 8 heteroatoms. The highest BCUT2D eigenvalue weighted by Gasteiger charge is 2.22. The first-order chi connectivity index (χ1) is 12.4. The van der Waals surface area contributed by atoms with Crippen LogP contribution in [-0.4, -0.2) is 22.1 Å². The predicted octanol–water partition coefficient (Wildman–Crippen LogP) is 5.53. The van der Waals surface area contributed by atoms with E-state index in [-0.39, 0.29) is 11.7 Å². The molecule has 3 aromatic rings. The molecule has 0 saturated heterocycles. The first kappa shape index (κ1) is 19.6. The zero-order valence-electron chi connectivity index (χ0n) is 13.9. The van der Waals surface area contributed by atoms with E-state index in [0.717, 1.165) is 21.3 Å². The first-order valence-corrected chi connectivity index (χ1v) is 10.2. The number of carbonyl (C=O) groups excluding carboxylic acids is 1. The minimum Gasteiger partial charge on any atom is -0.330 e. The highest BCUT2D eigenvalue weighted by atomic mass is 79.9. The van der Waals surface area contributed by atoms with Crippen molar-refractivity contribution < 1.29 is 4.79 Å². The van der Waals surface area contributed by atoms with Crippen molar-refractivity contribution in [3.63, 3.8) is 0 Å². The van der Waals surface area contributed by atoms with E-state index in [1.807, 2.05) is 31.3 Å². The summed E-state index contributed by atoms with van der Waals surface area (Å²) in [5.74, 6) is -0.0779. The Bertz CT molecular complexity index is 934. The molecule has 1 unspecified atom stereocenters. The second-order valence-corrected chi connectivity index (χ2v) is 8.82. The van der Waals surface area contributed by atoms with Crippen LogP contribution in [0.2, 0.25) is 9.36 Å². The number of aryl methyl sites for hydroxylation is 1. The van der Waals surface area contributed by atoms with Gasteiger partial charge in [0.1, 0.15) is 4.34 Å². The monoisotopic (exact) mass is 471 g/mol. The number of halogens is 3. The quantitative estimate of drug-likeness (QED) is 0.479. The molecule has 136 valence electrons. The fourth-order valence-corrected chi connectivity index (χ4v) is 4.79. The molecule has 1 atom stereocenters. The zero-order chi connectivity index (χ0) is 18.8. The molecule has 0 aliphatic carbocycles. The number of nitrogens with two attached hydrogens (primary N) is 1. The minimum atomic E-state index is -0.0889. The minimum absolute atomic E-state index is 0.0110. The maximum absolute atomic E-state index is 12.8. The largest absolute Gasteiger partial charge is 0.330 e. The van der Waals surface area contributed by atoms with Crippen LogP contribution < -0.4 is 5.73 Å². The van der Waals surface area contributed by atoms with Gasteiger partial charge in [0.2, 0.25) is 0 Å². The number of carbonyl (C=O) groups is 1. The molecule has 2 heterocycles. The summed E-state index contributed by atoms with van der Waals surface area (Å²) in [6, 6.07) is 9.28. The van der Waals surface area contributed by atoms with Gasteiger partial charge in [-0.05, 0) is 46.2 Å². The maximum atomic E-state index is 12.8. The summed E-state index contributed by atoms with van der Waals surface area (Å²) in [6.07, 6.45) is 2.01. The molecule has 0 radical (unpaired) electrons. The number of benzene rings is 1. The summed E-state index contributed by atoms with van der Waals surface area (Å²) in [7, 11) is 1.83. The van der Waals surface area contributed by atoms with E-state index in [9.17, 15) is 4.79 Å². The van der Waals surface area contributed by atoms with Crippen LogP contribution in [0.3, 0.4) is 0 Å². The van der Waals surface area contributed by atoms with Crippen molar-refractivity contribution in [1.82, 2.24) is 9.78 Å². The molecular formula is C18H16BrCl2N3OS. The standard InChI is InChI=1S/C18H16BrCl2N3OS/c1-24-17(14(19)9-23-24)13-7-16(26-18(13)21)15(25)6-11(8-22)10-3-2-4-12(20)5-10/h2-5,7,9,11H,6,8,22H2,1H3. The fraction of sp³-hybridized carbons (Fsp3) is 0.222. The lowest BCUT2D eigenvalue weighted by atomic mass is 9.93. The van der Waals surface area contributed by atoms with E-state index >= 15 is 0 Å². The Labute approximate surface area is 174 Å². The number of aromatic nitrogens is 2. The maximum Gasteiger partial charge on any atom is 0.173 e. The van der Waals surface area contributed by atoms with Gasteiger partial charge in [0.25, 0.3) is 0 Å². The van der Waals surface area contributed by atoms with Gasteiger partial charge in [-0.3, -0.25) is 9.48 Å². The van der Waals surface area contributed by atoms with E-state index in [2.05, 4.69) is 21.0 Å². The molecule has 0 aliphatic heterocycles. The third-order valence-electron chi connectivity index (χ3n) is 4.15. The van der Waals surface area contributed by atoms with Gasteiger partial charge in [0, 0.05) is 30.0 Å². The highest BCUT2D eigenvalue weighted by Crippen LogP contribution is 2.39. The lowest BCUT2D eigenvalue weighted by molar-refractivity contribution is 0.0978. The van der Waals surface area contributed by atoms with Gasteiger partial charge in [-0.25, -0.2) is 0 Å². The van der Waals surface area contributed by atoms with E-state index in [0.29, 0.717) is 27.2 Å². The number of ketones is 1. The normalized spacial score (nSPS) is 12.3. The Balaban J connectivity index is 1.85. The average molecular weight is 473 g/mol. The lowest BCUT2D eigenvalue weighted by Crippen LogP contribution is -2.16.